The van der Waals surface area contributed by atoms with Gasteiger partial charge in [-0.3, -0.25) is 9.59 Å². The number of carbonyl (C=O) groups excluding carboxylic acids is 2. The normalized spacial score (nSPS) is 17.0. The number of amides is 2. The monoisotopic (exact) mass is 479 g/mol. The molecular formula is C21H29N5O6S. The van der Waals surface area contributed by atoms with Gasteiger partial charge in [0.05, 0.1) is 10.9 Å². The van der Waals surface area contributed by atoms with E-state index in [1.807, 2.05) is 13.8 Å². The quantitative estimate of drug-likeness (QED) is 0.393. The van der Waals surface area contributed by atoms with E-state index in [-0.39, 0.29) is 30.0 Å². The molecule has 2 aromatic heterocycles. The van der Waals surface area contributed by atoms with Gasteiger partial charge in [0.15, 0.2) is 5.82 Å². The number of rotatable bonds is 9. The Morgan fingerprint density at radius 3 is 2.36 bits per heavy atom. The molecule has 2 amide bonds. The lowest BCUT2D eigenvalue weighted by Crippen LogP contribution is -2.61. The van der Waals surface area contributed by atoms with Crippen LogP contribution in [-0.2, 0) is 20.8 Å². The highest BCUT2D eigenvalue weighted by Crippen LogP contribution is 2.31. The molecule has 2 heterocycles. The second-order valence-corrected chi connectivity index (χ2v) is 9.31. The second-order valence-electron chi connectivity index (χ2n) is 8.75. The van der Waals surface area contributed by atoms with Gasteiger partial charge in [-0.2, -0.15) is 17.6 Å². The summed E-state index contributed by atoms with van der Waals surface area (Å²) in [5.41, 5.74) is -0.0583. The summed E-state index contributed by atoms with van der Waals surface area (Å²) in [6.07, 6.45) is 2.15. The van der Waals surface area contributed by atoms with Crippen LogP contribution in [0.15, 0.2) is 9.05 Å². The lowest BCUT2D eigenvalue weighted by Gasteiger charge is -2.31. The molecule has 180 valence electrons. The molecule has 0 bridgehead atoms. The van der Waals surface area contributed by atoms with Crippen LogP contribution in [-0.4, -0.2) is 55.0 Å². The lowest BCUT2D eigenvalue weighted by atomic mass is 9.94. The van der Waals surface area contributed by atoms with E-state index in [4.69, 9.17) is 9.05 Å². The third-order valence-electron chi connectivity index (χ3n) is 5.86. The number of carbonyl (C=O) groups is 3. The molecule has 1 aliphatic rings. The average molecular weight is 480 g/mol. The smallest absolute Gasteiger partial charge is 0.326 e. The molecule has 0 aliphatic heterocycles. The molecule has 1 aliphatic carbocycles. The minimum absolute atomic E-state index is 0.0215. The summed E-state index contributed by atoms with van der Waals surface area (Å²) in [5, 5.41) is 22.2. The molecule has 1 saturated carbocycles. The van der Waals surface area contributed by atoms with Crippen molar-refractivity contribution >= 4 is 30.4 Å². The van der Waals surface area contributed by atoms with Crippen LogP contribution in [0.1, 0.15) is 56.8 Å². The second kappa shape index (κ2) is 9.94. The van der Waals surface area contributed by atoms with Crippen molar-refractivity contribution < 1.29 is 28.5 Å². The molecule has 12 heteroatoms. The van der Waals surface area contributed by atoms with E-state index in [9.17, 15) is 19.5 Å². The van der Waals surface area contributed by atoms with E-state index in [0.29, 0.717) is 29.9 Å². The van der Waals surface area contributed by atoms with E-state index in [1.54, 1.807) is 13.8 Å². The van der Waals surface area contributed by atoms with Crippen LogP contribution in [0.3, 0.4) is 0 Å². The average Bonchev–Trinajstić information content (AvgIpc) is 3.48. The van der Waals surface area contributed by atoms with E-state index in [1.165, 1.54) is 0 Å². The predicted octanol–water partition coefficient (Wildman–Crippen LogP) is 1.84. The van der Waals surface area contributed by atoms with Gasteiger partial charge in [-0.15, -0.1) is 0 Å². The molecule has 2 aromatic rings. The van der Waals surface area contributed by atoms with Gasteiger partial charge >= 0.3 is 5.97 Å². The molecule has 0 spiro atoms. The third-order valence-corrected chi connectivity index (χ3v) is 6.69. The van der Waals surface area contributed by atoms with E-state index < -0.39 is 28.7 Å². The molecular weight excluding hydrogens is 450 g/mol. The summed E-state index contributed by atoms with van der Waals surface area (Å²) in [7, 11) is 0. The van der Waals surface area contributed by atoms with Gasteiger partial charge < -0.3 is 24.8 Å². The number of nitrogens with zero attached hydrogens (tertiary/aromatic N) is 3. The van der Waals surface area contributed by atoms with E-state index >= 15 is 0 Å². The van der Waals surface area contributed by atoms with Crippen molar-refractivity contribution in [2.45, 2.75) is 76.6 Å². The minimum atomic E-state index is -1.31. The van der Waals surface area contributed by atoms with Gasteiger partial charge in [0.25, 0.3) is 5.89 Å². The summed E-state index contributed by atoms with van der Waals surface area (Å²) in [6, 6.07) is -1.31. The van der Waals surface area contributed by atoms with Crippen LogP contribution >= 0.6 is 12.6 Å². The maximum absolute atomic E-state index is 13.2. The van der Waals surface area contributed by atoms with Crippen molar-refractivity contribution in [3.05, 3.63) is 17.3 Å². The summed E-state index contributed by atoms with van der Waals surface area (Å²) < 4.78 is 10.3. The lowest BCUT2D eigenvalue weighted by molar-refractivity contribution is -0.143. The van der Waals surface area contributed by atoms with Crippen molar-refractivity contribution in [3.8, 4) is 11.5 Å². The van der Waals surface area contributed by atoms with E-state index in [2.05, 4.69) is 38.6 Å². The molecule has 2 atom stereocenters. The van der Waals surface area contributed by atoms with Crippen LogP contribution in [0, 0.1) is 19.8 Å². The Morgan fingerprint density at radius 1 is 1.15 bits per heavy atom. The Labute approximate surface area is 196 Å². The first-order valence-electron chi connectivity index (χ1n) is 10.8. The highest BCUT2D eigenvalue weighted by molar-refractivity contribution is 7.81. The van der Waals surface area contributed by atoms with Crippen LogP contribution < -0.4 is 10.6 Å². The molecule has 0 aromatic carbocycles. The molecule has 11 nitrogen and oxygen atoms in total. The van der Waals surface area contributed by atoms with Crippen molar-refractivity contribution in [2.24, 2.45) is 5.92 Å². The Bertz CT molecular complexity index is 1010. The van der Waals surface area contributed by atoms with Gasteiger partial charge in [0.1, 0.15) is 22.9 Å². The number of thiol groups is 1. The Hall–Kier alpha value is -2.89. The number of hydrogen-bond acceptors (Lipinski definition) is 9. The van der Waals surface area contributed by atoms with Crippen molar-refractivity contribution in [1.82, 2.24) is 25.9 Å². The molecule has 3 N–H and O–H groups in total. The molecule has 3 rings (SSSR count). The fourth-order valence-corrected chi connectivity index (χ4v) is 3.97. The molecule has 0 radical (unpaired) electrons. The fraction of sp³-hybridized carbons (Fsp3) is 0.619. The molecule has 33 heavy (non-hydrogen) atoms. The first-order chi connectivity index (χ1) is 15.5. The SMILES string of the molecule is Cc1noc(C)c1-c1nc(CC(NC(=O)C2(NC(=O)[C@@H](S)C(C)C)CCCC2)C(=O)O)no1. The maximum atomic E-state index is 13.2. The van der Waals surface area contributed by atoms with Crippen LogP contribution in [0.25, 0.3) is 11.5 Å². The highest BCUT2D eigenvalue weighted by atomic mass is 32.1. The summed E-state index contributed by atoms with van der Waals surface area (Å²) >= 11 is 4.33. The molecule has 1 fully saturated rings. The zero-order valence-corrected chi connectivity index (χ0v) is 19.9. The first kappa shape index (κ1) is 24.7. The van der Waals surface area contributed by atoms with Crippen LogP contribution in [0.2, 0.25) is 0 Å². The summed E-state index contributed by atoms with van der Waals surface area (Å²) in [6.45, 7) is 7.14. The zero-order valence-electron chi connectivity index (χ0n) is 19.0. The summed E-state index contributed by atoms with van der Waals surface area (Å²) in [5.74, 6) is -1.40. The number of hydrogen-bond donors (Lipinski definition) is 4. The number of carboxylic acids is 1. The largest absolute Gasteiger partial charge is 0.480 e. The first-order valence-corrected chi connectivity index (χ1v) is 11.4. The van der Waals surface area contributed by atoms with Crippen molar-refractivity contribution in [2.75, 3.05) is 0 Å². The topological polar surface area (TPSA) is 160 Å². The predicted molar refractivity (Wildman–Crippen MR) is 119 cm³/mol. The highest BCUT2D eigenvalue weighted by Gasteiger charge is 2.44. The number of aliphatic carboxylic acids is 1. The van der Waals surface area contributed by atoms with Crippen LogP contribution in [0.4, 0.5) is 0 Å². The number of aryl methyl sites for hydroxylation is 2. The third kappa shape index (κ3) is 5.37. The van der Waals surface area contributed by atoms with Gasteiger partial charge in [-0.05, 0) is 32.6 Å². The summed E-state index contributed by atoms with van der Waals surface area (Å²) in [4.78, 5) is 41.9. The Kier molecular flexibility index (Phi) is 7.45. The standard InChI is InChI=1S/C21H29N5O6S/c1-10(2)16(33)17(27)24-21(7-5-6-8-21)20(30)22-13(19(28)29)9-14-23-18(32-26-14)15-11(3)25-31-12(15)4/h10,13,16,33H,5-9H2,1-4H3,(H,22,30)(H,24,27)(H,28,29)/t13?,16-/m0/s1. The fourth-order valence-electron chi connectivity index (χ4n) is 3.91. The minimum Gasteiger partial charge on any atom is -0.480 e. The van der Waals surface area contributed by atoms with Gasteiger partial charge in [-0.25, -0.2) is 4.79 Å². The van der Waals surface area contributed by atoms with Gasteiger partial charge in [-0.1, -0.05) is 37.0 Å². The molecule has 0 saturated heterocycles. The Balaban J connectivity index is 1.74. The number of carboxylic acid groups (broad SMARTS) is 1. The van der Waals surface area contributed by atoms with E-state index in [0.717, 1.165) is 12.8 Å². The zero-order chi connectivity index (χ0) is 24.3. The molecule has 1 unspecified atom stereocenters. The van der Waals surface area contributed by atoms with Crippen LogP contribution in [0.5, 0.6) is 0 Å². The number of aromatic nitrogens is 3. The maximum Gasteiger partial charge on any atom is 0.326 e. The van der Waals surface area contributed by atoms with Crippen molar-refractivity contribution in [1.29, 1.82) is 0 Å². The number of nitrogens with one attached hydrogen (secondary N) is 2. The van der Waals surface area contributed by atoms with Gasteiger partial charge in [0, 0.05) is 6.42 Å². The van der Waals surface area contributed by atoms with Gasteiger partial charge in [0.2, 0.25) is 11.8 Å². The Morgan fingerprint density at radius 2 is 1.82 bits per heavy atom. The van der Waals surface area contributed by atoms with Crippen molar-refractivity contribution in [3.63, 3.8) is 0 Å².